The van der Waals surface area contributed by atoms with Gasteiger partial charge in [0.1, 0.15) is 0 Å². The second kappa shape index (κ2) is 6.06. The molecular weight excluding hydrogens is 242 g/mol. The highest BCUT2D eigenvalue weighted by molar-refractivity contribution is 7.16. The van der Waals surface area contributed by atoms with Gasteiger partial charge in [0, 0.05) is 10.5 Å². The number of nitrogens with one attached hydrogen (secondary N) is 1. The van der Waals surface area contributed by atoms with Crippen LogP contribution in [-0.2, 0) is 4.79 Å². The molecular formula is C12H16ClNOS. The zero-order valence-electron chi connectivity index (χ0n) is 9.71. The van der Waals surface area contributed by atoms with Crippen LogP contribution in [0.1, 0.15) is 38.1 Å². The number of rotatable bonds is 4. The van der Waals surface area contributed by atoms with Crippen molar-refractivity contribution in [2.75, 3.05) is 0 Å². The third-order valence-electron chi connectivity index (χ3n) is 2.24. The van der Waals surface area contributed by atoms with Gasteiger partial charge in [0.05, 0.1) is 10.4 Å². The Balaban J connectivity index is 2.61. The third kappa shape index (κ3) is 3.65. The van der Waals surface area contributed by atoms with E-state index in [0.29, 0.717) is 0 Å². The van der Waals surface area contributed by atoms with Crippen LogP contribution < -0.4 is 5.32 Å². The van der Waals surface area contributed by atoms with Crippen molar-refractivity contribution in [2.24, 2.45) is 0 Å². The Morgan fingerprint density at radius 2 is 2.31 bits per heavy atom. The van der Waals surface area contributed by atoms with Gasteiger partial charge >= 0.3 is 0 Å². The molecule has 1 aromatic rings. The first-order valence-electron chi connectivity index (χ1n) is 5.27. The van der Waals surface area contributed by atoms with E-state index in [-0.39, 0.29) is 11.9 Å². The maximum absolute atomic E-state index is 11.7. The average molecular weight is 258 g/mol. The molecule has 0 saturated heterocycles. The molecule has 16 heavy (non-hydrogen) atoms. The van der Waals surface area contributed by atoms with Crippen molar-refractivity contribution in [1.29, 1.82) is 0 Å². The van der Waals surface area contributed by atoms with Crippen molar-refractivity contribution in [2.45, 2.75) is 33.2 Å². The van der Waals surface area contributed by atoms with Gasteiger partial charge in [0.2, 0.25) is 5.91 Å². The molecule has 1 aromatic heterocycles. The van der Waals surface area contributed by atoms with Crippen molar-refractivity contribution in [3.05, 3.63) is 33.0 Å². The maximum atomic E-state index is 11.7. The number of carbonyl (C=O) groups is 1. The summed E-state index contributed by atoms with van der Waals surface area (Å²) < 4.78 is 0.747. The lowest BCUT2D eigenvalue weighted by atomic mass is 10.2. The number of carbonyl (C=O) groups excluding carboxylic acids is 1. The van der Waals surface area contributed by atoms with Crippen LogP contribution in [-0.4, -0.2) is 5.91 Å². The summed E-state index contributed by atoms with van der Waals surface area (Å²) in [7, 11) is 0. The van der Waals surface area contributed by atoms with Crippen LogP contribution in [0.4, 0.5) is 0 Å². The summed E-state index contributed by atoms with van der Waals surface area (Å²) in [6, 6.07) is 3.79. The molecule has 2 nitrogen and oxygen atoms in total. The molecule has 0 aliphatic carbocycles. The minimum atomic E-state index is -0.0149. The van der Waals surface area contributed by atoms with E-state index in [1.807, 2.05) is 39.0 Å². The monoisotopic (exact) mass is 257 g/mol. The van der Waals surface area contributed by atoms with Crippen LogP contribution in [0.15, 0.2) is 23.8 Å². The quantitative estimate of drug-likeness (QED) is 0.814. The first-order chi connectivity index (χ1) is 7.54. The summed E-state index contributed by atoms with van der Waals surface area (Å²) in [5.41, 5.74) is 0.761. The molecule has 1 amide bonds. The molecule has 0 fully saturated rings. The van der Waals surface area contributed by atoms with Gasteiger partial charge in [-0.25, -0.2) is 0 Å². The van der Waals surface area contributed by atoms with Gasteiger partial charge in [0.25, 0.3) is 0 Å². The standard InChI is InChI=1S/C12H16ClNOS/c1-4-5-8(2)12(15)14-9(3)10-6-7-11(13)16-10/h5-7,9H,4H2,1-3H3,(H,14,15)/b8-5-. The molecule has 1 rings (SSSR count). The van der Waals surface area contributed by atoms with E-state index in [1.54, 1.807) is 0 Å². The van der Waals surface area contributed by atoms with E-state index in [9.17, 15) is 4.79 Å². The van der Waals surface area contributed by atoms with E-state index < -0.39 is 0 Å². The van der Waals surface area contributed by atoms with Crippen molar-refractivity contribution >= 4 is 28.8 Å². The smallest absolute Gasteiger partial charge is 0.247 e. The lowest BCUT2D eigenvalue weighted by Gasteiger charge is -2.12. The predicted molar refractivity (Wildman–Crippen MR) is 69.9 cm³/mol. The molecule has 0 bridgehead atoms. The maximum Gasteiger partial charge on any atom is 0.247 e. The van der Waals surface area contributed by atoms with Crippen LogP contribution in [0.2, 0.25) is 4.34 Å². The Morgan fingerprint density at radius 1 is 1.62 bits per heavy atom. The fourth-order valence-corrected chi connectivity index (χ4v) is 2.40. The van der Waals surface area contributed by atoms with Gasteiger partial charge in [0.15, 0.2) is 0 Å². The SMILES string of the molecule is CC/C=C(/C)C(=O)NC(C)c1ccc(Cl)s1. The molecule has 1 atom stereocenters. The van der Waals surface area contributed by atoms with E-state index in [1.165, 1.54) is 11.3 Å². The number of halogens is 1. The molecule has 0 saturated carbocycles. The Labute approximate surface area is 105 Å². The normalized spacial score (nSPS) is 13.6. The van der Waals surface area contributed by atoms with Crippen LogP contribution in [0.25, 0.3) is 0 Å². The lowest BCUT2D eigenvalue weighted by Crippen LogP contribution is -2.26. The molecule has 4 heteroatoms. The van der Waals surface area contributed by atoms with Crippen LogP contribution in [0, 0.1) is 0 Å². The molecule has 0 aliphatic heterocycles. The molecule has 1 N–H and O–H groups in total. The second-order valence-electron chi connectivity index (χ2n) is 3.63. The van der Waals surface area contributed by atoms with Crippen molar-refractivity contribution < 1.29 is 4.79 Å². The largest absolute Gasteiger partial charge is 0.345 e. The summed E-state index contributed by atoms with van der Waals surface area (Å²) in [5.74, 6) is -0.0149. The summed E-state index contributed by atoms with van der Waals surface area (Å²) in [6.07, 6.45) is 2.79. The molecule has 88 valence electrons. The minimum Gasteiger partial charge on any atom is -0.345 e. The topological polar surface area (TPSA) is 29.1 Å². The summed E-state index contributed by atoms with van der Waals surface area (Å²) in [6.45, 7) is 5.80. The Bertz CT molecular complexity index is 397. The first kappa shape index (κ1) is 13.3. The van der Waals surface area contributed by atoms with Crippen molar-refractivity contribution in [1.82, 2.24) is 5.32 Å². The number of thiophene rings is 1. The molecule has 1 unspecified atom stereocenters. The van der Waals surface area contributed by atoms with Gasteiger partial charge in [-0.1, -0.05) is 24.6 Å². The first-order valence-corrected chi connectivity index (χ1v) is 6.47. The number of amides is 1. The highest BCUT2D eigenvalue weighted by atomic mass is 35.5. The van der Waals surface area contributed by atoms with Crippen LogP contribution in [0.3, 0.4) is 0 Å². The van der Waals surface area contributed by atoms with Crippen LogP contribution in [0.5, 0.6) is 0 Å². The minimum absolute atomic E-state index is 0.00482. The van der Waals surface area contributed by atoms with Gasteiger partial charge in [-0.2, -0.15) is 0 Å². The molecule has 0 aliphatic rings. The molecule has 0 spiro atoms. The van der Waals surface area contributed by atoms with E-state index in [4.69, 9.17) is 11.6 Å². The van der Waals surface area contributed by atoms with Crippen molar-refractivity contribution in [3.63, 3.8) is 0 Å². The number of hydrogen-bond donors (Lipinski definition) is 1. The molecule has 1 heterocycles. The highest BCUT2D eigenvalue weighted by Crippen LogP contribution is 2.26. The molecule has 0 radical (unpaired) electrons. The zero-order chi connectivity index (χ0) is 12.1. The van der Waals surface area contributed by atoms with Gasteiger partial charge < -0.3 is 5.32 Å². The van der Waals surface area contributed by atoms with E-state index in [2.05, 4.69) is 5.32 Å². The van der Waals surface area contributed by atoms with Crippen LogP contribution >= 0.6 is 22.9 Å². The fraction of sp³-hybridized carbons (Fsp3) is 0.417. The Hall–Kier alpha value is -0.800. The Morgan fingerprint density at radius 3 is 2.81 bits per heavy atom. The summed E-state index contributed by atoms with van der Waals surface area (Å²) in [4.78, 5) is 12.8. The number of allylic oxidation sites excluding steroid dienone is 1. The van der Waals surface area contributed by atoms with Gasteiger partial charge in [-0.3, -0.25) is 4.79 Å². The second-order valence-corrected chi connectivity index (χ2v) is 5.38. The zero-order valence-corrected chi connectivity index (χ0v) is 11.3. The lowest BCUT2D eigenvalue weighted by molar-refractivity contribution is -0.118. The highest BCUT2D eigenvalue weighted by Gasteiger charge is 2.12. The summed E-state index contributed by atoms with van der Waals surface area (Å²) >= 11 is 7.34. The molecule has 0 aromatic carbocycles. The predicted octanol–water partition coefficient (Wildman–Crippen LogP) is 3.94. The van der Waals surface area contributed by atoms with Crippen molar-refractivity contribution in [3.8, 4) is 0 Å². The van der Waals surface area contributed by atoms with Gasteiger partial charge in [-0.05, 0) is 32.4 Å². The number of hydrogen-bond acceptors (Lipinski definition) is 2. The average Bonchev–Trinajstić information content (AvgIpc) is 2.65. The summed E-state index contributed by atoms with van der Waals surface area (Å²) in [5, 5.41) is 2.94. The van der Waals surface area contributed by atoms with E-state index >= 15 is 0 Å². The Kier molecular flexibility index (Phi) is 5.03. The van der Waals surface area contributed by atoms with Gasteiger partial charge in [-0.15, -0.1) is 11.3 Å². The fourth-order valence-electron chi connectivity index (χ4n) is 1.34. The van der Waals surface area contributed by atoms with E-state index in [0.717, 1.165) is 21.2 Å². The third-order valence-corrected chi connectivity index (χ3v) is 3.65.